The second-order valence-corrected chi connectivity index (χ2v) is 5.35. The lowest BCUT2D eigenvalue weighted by molar-refractivity contribution is 0.316. The molecule has 0 amide bonds. The Morgan fingerprint density at radius 1 is 1.50 bits per heavy atom. The van der Waals surface area contributed by atoms with Crippen molar-refractivity contribution in [3.63, 3.8) is 0 Å². The van der Waals surface area contributed by atoms with Gasteiger partial charge in [0.1, 0.15) is 5.75 Å². The number of likely N-dealkylation sites (N-methyl/N-ethyl adjacent to an activating group) is 1. The van der Waals surface area contributed by atoms with Gasteiger partial charge in [-0.15, -0.1) is 0 Å². The van der Waals surface area contributed by atoms with Crippen molar-refractivity contribution in [2.45, 2.75) is 33.2 Å². The maximum atomic E-state index is 5.77. The van der Waals surface area contributed by atoms with Crippen molar-refractivity contribution >= 4 is 22.0 Å². The van der Waals surface area contributed by atoms with Crippen LogP contribution in [0.4, 0.5) is 0 Å². The third kappa shape index (κ3) is 4.46. The zero-order valence-electron chi connectivity index (χ0n) is 11.6. The van der Waals surface area contributed by atoms with Gasteiger partial charge in [0.15, 0.2) is 0 Å². The van der Waals surface area contributed by atoms with Gasteiger partial charge in [0.25, 0.3) is 0 Å². The summed E-state index contributed by atoms with van der Waals surface area (Å²) in [6.45, 7) is 7.15. The minimum absolute atomic E-state index is 0.364. The molecule has 0 aliphatic rings. The van der Waals surface area contributed by atoms with E-state index in [2.05, 4.69) is 54.2 Å². The molecular weight excluding hydrogens is 290 g/mol. The van der Waals surface area contributed by atoms with Crippen molar-refractivity contribution in [3.8, 4) is 5.75 Å². The fourth-order valence-electron chi connectivity index (χ4n) is 1.57. The Balaban J connectivity index is 3.01. The number of halogens is 1. The van der Waals surface area contributed by atoms with Crippen molar-refractivity contribution in [1.82, 2.24) is 5.32 Å². The van der Waals surface area contributed by atoms with E-state index in [1.807, 2.05) is 19.2 Å². The van der Waals surface area contributed by atoms with Crippen LogP contribution in [0.5, 0.6) is 5.75 Å². The maximum absolute atomic E-state index is 5.77. The third-order valence-electron chi connectivity index (χ3n) is 2.93. The molecule has 1 aromatic carbocycles. The van der Waals surface area contributed by atoms with Crippen molar-refractivity contribution in [3.05, 3.63) is 33.8 Å². The van der Waals surface area contributed by atoms with E-state index in [0.717, 1.165) is 28.8 Å². The van der Waals surface area contributed by atoms with Crippen LogP contribution in [0.15, 0.2) is 28.2 Å². The van der Waals surface area contributed by atoms with Crippen LogP contribution in [0.3, 0.4) is 0 Å². The normalized spacial score (nSPS) is 13.5. The molecule has 0 saturated heterocycles. The van der Waals surface area contributed by atoms with Gasteiger partial charge in [0.05, 0.1) is 6.61 Å². The molecule has 0 spiro atoms. The monoisotopic (exact) mass is 311 g/mol. The minimum Gasteiger partial charge on any atom is -0.493 e. The van der Waals surface area contributed by atoms with Crippen LogP contribution in [0.25, 0.3) is 6.08 Å². The summed E-state index contributed by atoms with van der Waals surface area (Å²) in [6.07, 6.45) is 3.20. The first-order valence-corrected chi connectivity index (χ1v) is 7.15. The van der Waals surface area contributed by atoms with Crippen LogP contribution in [0.1, 0.15) is 32.8 Å². The fourth-order valence-corrected chi connectivity index (χ4v) is 1.95. The topological polar surface area (TPSA) is 21.3 Å². The Kier molecular flexibility index (Phi) is 6.44. The van der Waals surface area contributed by atoms with Crippen LogP contribution in [-0.2, 0) is 0 Å². The van der Waals surface area contributed by atoms with Crippen LogP contribution in [-0.4, -0.2) is 19.7 Å². The van der Waals surface area contributed by atoms with E-state index in [1.165, 1.54) is 5.57 Å². The lowest BCUT2D eigenvalue weighted by Gasteiger charge is -2.13. The molecule has 1 rings (SSSR count). The summed E-state index contributed by atoms with van der Waals surface area (Å²) in [4.78, 5) is 0. The van der Waals surface area contributed by atoms with Gasteiger partial charge in [-0.3, -0.25) is 0 Å². The first kappa shape index (κ1) is 15.3. The molecular formula is C15H22BrNO. The molecule has 2 nitrogen and oxygen atoms in total. The van der Waals surface area contributed by atoms with Crippen LogP contribution >= 0.6 is 15.9 Å². The number of hydrogen-bond donors (Lipinski definition) is 1. The largest absolute Gasteiger partial charge is 0.493 e. The molecule has 1 N–H and O–H groups in total. The zero-order chi connectivity index (χ0) is 13.5. The molecule has 0 aliphatic heterocycles. The lowest BCUT2D eigenvalue weighted by Crippen LogP contribution is -2.22. The first-order valence-electron chi connectivity index (χ1n) is 6.36. The second-order valence-electron chi connectivity index (χ2n) is 4.43. The molecule has 1 atom stereocenters. The van der Waals surface area contributed by atoms with Crippen LogP contribution in [0.2, 0.25) is 0 Å². The molecule has 0 saturated carbocycles. The van der Waals surface area contributed by atoms with E-state index >= 15 is 0 Å². The highest BCUT2D eigenvalue weighted by Gasteiger charge is 2.05. The Bertz CT molecular complexity index is 415. The smallest absolute Gasteiger partial charge is 0.126 e. The molecule has 1 aromatic rings. The van der Waals surface area contributed by atoms with E-state index in [0.29, 0.717) is 6.04 Å². The highest BCUT2D eigenvalue weighted by molar-refractivity contribution is 9.10. The van der Waals surface area contributed by atoms with Gasteiger partial charge in [-0.1, -0.05) is 34.5 Å². The summed E-state index contributed by atoms with van der Waals surface area (Å²) < 4.78 is 6.84. The zero-order valence-corrected chi connectivity index (χ0v) is 13.2. The third-order valence-corrected chi connectivity index (χ3v) is 3.43. The molecule has 0 radical (unpaired) electrons. The molecule has 0 aliphatic carbocycles. The summed E-state index contributed by atoms with van der Waals surface area (Å²) in [6, 6.07) is 6.49. The van der Waals surface area contributed by atoms with Gasteiger partial charge in [-0.05, 0) is 45.5 Å². The van der Waals surface area contributed by atoms with E-state index in [-0.39, 0.29) is 0 Å². The van der Waals surface area contributed by atoms with Crippen LogP contribution < -0.4 is 10.1 Å². The van der Waals surface area contributed by atoms with Crippen molar-refractivity contribution in [2.24, 2.45) is 0 Å². The molecule has 0 bridgehead atoms. The SMILES string of the molecule is CCCOc1ccc(Br)cc1/C=C(/C)C(C)NC. The lowest BCUT2D eigenvalue weighted by atomic mass is 10.1. The van der Waals surface area contributed by atoms with Crippen LogP contribution in [0, 0.1) is 0 Å². The van der Waals surface area contributed by atoms with Gasteiger partial charge in [-0.2, -0.15) is 0 Å². The van der Waals surface area contributed by atoms with Crippen molar-refractivity contribution < 1.29 is 4.74 Å². The average Bonchev–Trinajstić information content (AvgIpc) is 2.36. The quantitative estimate of drug-likeness (QED) is 0.848. The summed E-state index contributed by atoms with van der Waals surface area (Å²) in [5, 5.41) is 3.24. The van der Waals surface area contributed by atoms with E-state index in [9.17, 15) is 0 Å². The number of ether oxygens (including phenoxy) is 1. The van der Waals surface area contributed by atoms with Gasteiger partial charge in [0.2, 0.25) is 0 Å². The molecule has 0 heterocycles. The summed E-state index contributed by atoms with van der Waals surface area (Å²) in [5.41, 5.74) is 2.41. The molecule has 100 valence electrons. The fraction of sp³-hybridized carbons (Fsp3) is 0.467. The Morgan fingerprint density at radius 3 is 2.83 bits per heavy atom. The first-order chi connectivity index (χ1) is 8.58. The molecule has 0 fully saturated rings. The summed E-state index contributed by atoms with van der Waals surface area (Å²) >= 11 is 3.51. The van der Waals surface area contributed by atoms with Gasteiger partial charge in [0, 0.05) is 16.1 Å². The molecule has 0 aromatic heterocycles. The average molecular weight is 312 g/mol. The Labute approximate surface area is 119 Å². The van der Waals surface area contributed by atoms with Gasteiger partial charge >= 0.3 is 0 Å². The predicted molar refractivity (Wildman–Crippen MR) is 82.1 cm³/mol. The molecule has 1 unspecified atom stereocenters. The van der Waals surface area contributed by atoms with Crippen molar-refractivity contribution in [1.29, 1.82) is 0 Å². The Hall–Kier alpha value is -0.800. The van der Waals surface area contributed by atoms with Gasteiger partial charge < -0.3 is 10.1 Å². The number of rotatable bonds is 6. The maximum Gasteiger partial charge on any atom is 0.126 e. The number of hydrogen-bond acceptors (Lipinski definition) is 2. The standard InChI is InChI=1S/C15H22BrNO/c1-5-8-18-15-7-6-14(16)10-13(15)9-11(2)12(3)17-4/h6-7,9-10,12,17H,5,8H2,1-4H3/b11-9-. The van der Waals surface area contributed by atoms with E-state index < -0.39 is 0 Å². The van der Waals surface area contributed by atoms with Crippen molar-refractivity contribution in [2.75, 3.05) is 13.7 Å². The Morgan fingerprint density at radius 2 is 2.22 bits per heavy atom. The van der Waals surface area contributed by atoms with Gasteiger partial charge in [-0.25, -0.2) is 0 Å². The summed E-state index contributed by atoms with van der Waals surface area (Å²) in [5.74, 6) is 0.947. The predicted octanol–water partition coefficient (Wildman–Crippen LogP) is 4.25. The number of benzene rings is 1. The number of nitrogens with one attached hydrogen (secondary N) is 1. The highest BCUT2D eigenvalue weighted by atomic mass is 79.9. The summed E-state index contributed by atoms with van der Waals surface area (Å²) in [7, 11) is 1.97. The second kappa shape index (κ2) is 7.59. The molecule has 18 heavy (non-hydrogen) atoms. The molecule has 3 heteroatoms. The minimum atomic E-state index is 0.364. The highest BCUT2D eigenvalue weighted by Crippen LogP contribution is 2.26. The van der Waals surface area contributed by atoms with E-state index in [4.69, 9.17) is 4.74 Å². The van der Waals surface area contributed by atoms with E-state index in [1.54, 1.807) is 0 Å².